The summed E-state index contributed by atoms with van der Waals surface area (Å²) < 4.78 is 21.9. The first kappa shape index (κ1) is 22.4. The van der Waals surface area contributed by atoms with Crippen LogP contribution in [0.1, 0.15) is 35.0 Å². The van der Waals surface area contributed by atoms with Crippen molar-refractivity contribution in [2.24, 2.45) is 0 Å². The molecule has 0 radical (unpaired) electrons. The number of benzene rings is 3. The molecule has 7 heteroatoms. The van der Waals surface area contributed by atoms with Crippen LogP contribution >= 0.6 is 11.6 Å². The molecular formula is C27H23ClFNO4. The Kier molecular flexibility index (Phi) is 5.38. The van der Waals surface area contributed by atoms with Crippen molar-refractivity contribution in [2.75, 3.05) is 13.2 Å². The highest BCUT2D eigenvalue weighted by Gasteiger charge is 2.44. The molecule has 1 aliphatic rings. The minimum absolute atomic E-state index is 0.0186. The van der Waals surface area contributed by atoms with Crippen molar-refractivity contribution in [3.63, 3.8) is 0 Å². The molecule has 1 aromatic heterocycles. The summed E-state index contributed by atoms with van der Waals surface area (Å²) in [7, 11) is 0. The molecule has 0 amide bonds. The van der Waals surface area contributed by atoms with E-state index in [1.165, 1.54) is 12.1 Å². The Morgan fingerprint density at radius 3 is 2.41 bits per heavy atom. The lowest BCUT2D eigenvalue weighted by Crippen LogP contribution is -2.47. The highest BCUT2D eigenvalue weighted by atomic mass is 35.5. The molecule has 5 rings (SSSR count). The summed E-state index contributed by atoms with van der Waals surface area (Å²) in [5.41, 5.74) is 4.22. The largest absolute Gasteiger partial charge is 0.507 e. The topological polar surface area (TPSA) is 71.7 Å². The van der Waals surface area contributed by atoms with E-state index < -0.39 is 5.97 Å². The molecule has 34 heavy (non-hydrogen) atoms. The van der Waals surface area contributed by atoms with Gasteiger partial charge in [-0.25, -0.2) is 9.18 Å². The van der Waals surface area contributed by atoms with Crippen molar-refractivity contribution >= 4 is 28.5 Å². The van der Waals surface area contributed by atoms with Crippen LogP contribution in [0.2, 0.25) is 5.02 Å². The molecule has 2 heterocycles. The summed E-state index contributed by atoms with van der Waals surface area (Å²) in [6.45, 7) is 4.79. The fourth-order valence-electron chi connectivity index (χ4n) is 4.82. The second-order valence-electron chi connectivity index (χ2n) is 8.82. The van der Waals surface area contributed by atoms with Crippen molar-refractivity contribution in [2.45, 2.75) is 25.7 Å². The highest BCUT2D eigenvalue weighted by Crippen LogP contribution is 2.50. The van der Waals surface area contributed by atoms with Crippen molar-refractivity contribution in [3.05, 3.63) is 82.3 Å². The summed E-state index contributed by atoms with van der Waals surface area (Å²) in [6.07, 6.45) is 0.776. The molecule has 0 saturated carbocycles. The zero-order chi connectivity index (χ0) is 24.2. The lowest BCUT2D eigenvalue weighted by atomic mass is 9.76. The average Bonchev–Trinajstić information content (AvgIpc) is 3.11. The Hall–Kier alpha value is -3.35. The highest BCUT2D eigenvalue weighted by molar-refractivity contribution is 6.31. The third-order valence-electron chi connectivity index (χ3n) is 6.77. The van der Waals surface area contributed by atoms with Crippen LogP contribution in [0.4, 0.5) is 4.39 Å². The molecule has 1 saturated heterocycles. The van der Waals surface area contributed by atoms with E-state index in [0.29, 0.717) is 34.7 Å². The number of phenols is 1. The van der Waals surface area contributed by atoms with E-state index in [4.69, 9.17) is 16.3 Å². The first-order valence-corrected chi connectivity index (χ1v) is 11.4. The molecule has 0 unspecified atom stereocenters. The van der Waals surface area contributed by atoms with Gasteiger partial charge in [-0.1, -0.05) is 30.7 Å². The Bertz CT molecular complexity index is 1430. The van der Waals surface area contributed by atoms with Crippen molar-refractivity contribution in [1.29, 1.82) is 0 Å². The van der Waals surface area contributed by atoms with Crippen LogP contribution in [0.5, 0.6) is 5.75 Å². The molecule has 0 spiro atoms. The number of hydrogen-bond donors (Lipinski definition) is 2. The number of halogens is 2. The molecule has 5 nitrogen and oxygen atoms in total. The van der Waals surface area contributed by atoms with Crippen molar-refractivity contribution in [3.8, 4) is 22.6 Å². The predicted molar refractivity (Wildman–Crippen MR) is 130 cm³/mol. The molecular weight excluding hydrogens is 457 g/mol. The lowest BCUT2D eigenvalue weighted by molar-refractivity contribution is -0.0644. The van der Waals surface area contributed by atoms with Crippen molar-refractivity contribution in [1.82, 2.24) is 4.57 Å². The van der Waals surface area contributed by atoms with Crippen LogP contribution in [0, 0.1) is 12.7 Å². The number of aryl methyl sites for hydroxylation is 1. The molecule has 0 bridgehead atoms. The molecule has 3 aromatic carbocycles. The fourth-order valence-corrected chi connectivity index (χ4v) is 5.02. The Balaban J connectivity index is 1.94. The predicted octanol–water partition coefficient (Wildman–Crippen LogP) is 6.48. The first-order chi connectivity index (χ1) is 16.3. The molecule has 0 aliphatic carbocycles. The Morgan fingerprint density at radius 1 is 1.15 bits per heavy atom. The van der Waals surface area contributed by atoms with Crippen LogP contribution in [0.3, 0.4) is 0 Å². The quantitative estimate of drug-likeness (QED) is 0.343. The third-order valence-corrected chi connectivity index (χ3v) is 6.99. The number of aromatic carboxylic acids is 1. The third kappa shape index (κ3) is 3.37. The van der Waals surface area contributed by atoms with Gasteiger partial charge in [0.15, 0.2) is 0 Å². The molecule has 2 N–H and O–H groups in total. The SMILES string of the molecule is CCC1(c2c(-c3ccc(C(=O)O)cc3)c3c(O)cc(Cl)cc3n2-c2ccc(F)c(C)c2)COC1. The summed E-state index contributed by atoms with van der Waals surface area (Å²) in [4.78, 5) is 11.4. The van der Waals surface area contributed by atoms with Gasteiger partial charge in [0.2, 0.25) is 0 Å². The van der Waals surface area contributed by atoms with Gasteiger partial charge in [0.05, 0.1) is 35.1 Å². The number of aromatic nitrogens is 1. The number of carboxylic acids is 1. The standard InChI is InChI=1S/C27H23ClFNO4/c1-3-27(13-34-14-27)25-23(16-4-6-17(7-5-16)26(32)33)24-21(11-18(28)12-22(24)31)30(25)19-8-9-20(29)15(2)10-19/h4-12,31H,3,13-14H2,1-2H3,(H,32,33). The van der Waals surface area contributed by atoms with E-state index in [1.54, 1.807) is 49.4 Å². The molecule has 4 aromatic rings. The minimum Gasteiger partial charge on any atom is -0.507 e. The molecule has 174 valence electrons. The van der Waals surface area contributed by atoms with E-state index >= 15 is 0 Å². The number of nitrogens with zero attached hydrogens (tertiary/aromatic N) is 1. The number of rotatable bonds is 5. The molecule has 0 atom stereocenters. The summed E-state index contributed by atoms with van der Waals surface area (Å²) in [6, 6.07) is 14.8. The van der Waals surface area contributed by atoms with Crippen molar-refractivity contribution < 1.29 is 24.1 Å². The van der Waals surface area contributed by atoms with Crippen LogP contribution in [0.25, 0.3) is 27.7 Å². The number of ether oxygens (including phenoxy) is 1. The smallest absolute Gasteiger partial charge is 0.335 e. The molecule has 1 fully saturated rings. The van der Waals surface area contributed by atoms with Gasteiger partial charge in [-0.2, -0.15) is 0 Å². The second-order valence-corrected chi connectivity index (χ2v) is 9.26. The van der Waals surface area contributed by atoms with Gasteiger partial charge in [0.1, 0.15) is 11.6 Å². The monoisotopic (exact) mass is 479 g/mol. The maximum atomic E-state index is 14.2. The fraction of sp³-hybridized carbons (Fsp3) is 0.222. The molecule has 1 aliphatic heterocycles. The van der Waals surface area contributed by atoms with E-state index in [2.05, 4.69) is 6.92 Å². The van der Waals surface area contributed by atoms with E-state index in [9.17, 15) is 19.4 Å². The van der Waals surface area contributed by atoms with Gasteiger partial charge in [0, 0.05) is 22.0 Å². The first-order valence-electron chi connectivity index (χ1n) is 11.0. The van der Waals surface area contributed by atoms with Crippen LogP contribution in [0.15, 0.2) is 54.6 Å². The van der Waals surface area contributed by atoms with E-state index in [1.807, 2.05) is 4.57 Å². The minimum atomic E-state index is -1.01. The summed E-state index contributed by atoms with van der Waals surface area (Å²) >= 11 is 6.38. The summed E-state index contributed by atoms with van der Waals surface area (Å²) in [5.74, 6) is -1.29. The number of aromatic hydroxyl groups is 1. The Morgan fingerprint density at radius 2 is 1.85 bits per heavy atom. The number of phenolic OH excluding ortho intramolecular Hbond substituents is 1. The van der Waals surface area contributed by atoms with Crippen LogP contribution in [-0.2, 0) is 10.2 Å². The number of carboxylic acid groups (broad SMARTS) is 1. The van der Waals surface area contributed by atoms with Crippen LogP contribution < -0.4 is 0 Å². The maximum Gasteiger partial charge on any atom is 0.335 e. The van der Waals surface area contributed by atoms with Crippen LogP contribution in [-0.4, -0.2) is 34.0 Å². The summed E-state index contributed by atoms with van der Waals surface area (Å²) in [5, 5.41) is 21.4. The number of hydrogen-bond acceptors (Lipinski definition) is 3. The van der Waals surface area contributed by atoms with Gasteiger partial charge >= 0.3 is 5.97 Å². The average molecular weight is 480 g/mol. The van der Waals surface area contributed by atoms with E-state index in [-0.39, 0.29) is 22.5 Å². The lowest BCUT2D eigenvalue weighted by Gasteiger charge is -2.42. The second kappa shape index (κ2) is 8.15. The Labute approximate surface area is 201 Å². The number of carbonyl (C=O) groups is 1. The van der Waals surface area contributed by atoms with E-state index in [0.717, 1.165) is 28.9 Å². The van der Waals surface area contributed by atoms with Gasteiger partial charge < -0.3 is 19.5 Å². The van der Waals surface area contributed by atoms with Gasteiger partial charge in [0.25, 0.3) is 0 Å². The van der Waals surface area contributed by atoms with Gasteiger partial charge in [-0.3, -0.25) is 0 Å². The zero-order valence-electron chi connectivity index (χ0n) is 18.7. The zero-order valence-corrected chi connectivity index (χ0v) is 19.5. The maximum absolute atomic E-state index is 14.2. The van der Waals surface area contributed by atoms with Gasteiger partial charge in [-0.05, 0) is 66.9 Å². The number of fused-ring (bicyclic) bond motifs is 1. The van der Waals surface area contributed by atoms with Gasteiger partial charge in [-0.15, -0.1) is 0 Å². The normalized spacial score (nSPS) is 14.8.